The molecule has 0 amide bonds. The first-order valence-electron chi connectivity index (χ1n) is 9.06. The first kappa shape index (κ1) is 18.5. The van der Waals surface area contributed by atoms with Crippen molar-refractivity contribution in [2.45, 2.75) is 38.1 Å². The minimum absolute atomic E-state index is 0.0453. The number of rotatable bonds is 6. The van der Waals surface area contributed by atoms with Gasteiger partial charge in [-0.15, -0.1) is 5.10 Å². The maximum absolute atomic E-state index is 12.0. The van der Waals surface area contributed by atoms with Gasteiger partial charge in [-0.25, -0.2) is 19.4 Å². The number of nitriles is 1. The van der Waals surface area contributed by atoms with E-state index in [1.807, 2.05) is 23.0 Å². The summed E-state index contributed by atoms with van der Waals surface area (Å²) in [6, 6.07) is 6.02. The average molecular weight is 397 g/mol. The largest absolute Gasteiger partial charge is 0.391 e. The van der Waals surface area contributed by atoms with Crippen LogP contribution in [0.1, 0.15) is 48.8 Å². The molecule has 10 heteroatoms. The number of carbonyl (C=O) groups excluding carboxylic acids is 1. The first-order chi connectivity index (χ1) is 13.7. The molecular weight excluding hydrogens is 378 g/mol. The molecular formula is C18H19N7O2S. The summed E-state index contributed by atoms with van der Waals surface area (Å²) in [5, 5.41) is 23.1. The van der Waals surface area contributed by atoms with Crippen LogP contribution in [0.15, 0.2) is 30.7 Å². The summed E-state index contributed by atoms with van der Waals surface area (Å²) >= 11 is 0.455. The second kappa shape index (κ2) is 8.00. The molecule has 0 spiro atoms. The number of nitrogens with two attached hydrogens (primary N) is 1. The van der Waals surface area contributed by atoms with Gasteiger partial charge in [-0.2, -0.15) is 10.4 Å². The summed E-state index contributed by atoms with van der Waals surface area (Å²) in [7, 11) is 0. The maximum atomic E-state index is 12.0. The molecule has 0 aliphatic heterocycles. The first-order valence-corrected chi connectivity index (χ1v) is 9.86. The van der Waals surface area contributed by atoms with Gasteiger partial charge in [0, 0.05) is 18.0 Å². The van der Waals surface area contributed by atoms with E-state index >= 15 is 0 Å². The minimum atomic E-state index is -0.718. The van der Waals surface area contributed by atoms with Gasteiger partial charge in [-0.05, 0) is 30.9 Å². The lowest BCUT2D eigenvalue weighted by molar-refractivity contribution is 0.0754. The Morgan fingerprint density at radius 3 is 3.04 bits per heavy atom. The van der Waals surface area contributed by atoms with Crippen LogP contribution in [0, 0.1) is 17.2 Å². The second-order valence-electron chi connectivity index (χ2n) is 6.77. The van der Waals surface area contributed by atoms with Gasteiger partial charge in [0.05, 0.1) is 30.2 Å². The van der Waals surface area contributed by atoms with E-state index in [-0.39, 0.29) is 11.9 Å². The van der Waals surface area contributed by atoms with Gasteiger partial charge >= 0.3 is 5.97 Å². The second-order valence-corrected chi connectivity index (χ2v) is 7.13. The zero-order valence-corrected chi connectivity index (χ0v) is 15.9. The molecule has 0 saturated heterocycles. The van der Waals surface area contributed by atoms with Gasteiger partial charge in [0.25, 0.3) is 5.82 Å². The molecule has 4 rings (SSSR count). The van der Waals surface area contributed by atoms with Gasteiger partial charge < -0.3 is 4.18 Å². The van der Waals surface area contributed by atoms with E-state index < -0.39 is 5.97 Å². The fraction of sp³-hybridized carbons (Fsp3) is 0.389. The molecule has 2 N–H and O–H groups in total. The van der Waals surface area contributed by atoms with Gasteiger partial charge in [-0.1, -0.05) is 12.8 Å². The van der Waals surface area contributed by atoms with E-state index in [9.17, 15) is 10.1 Å². The third kappa shape index (κ3) is 3.46. The Labute approximate surface area is 165 Å². The lowest BCUT2D eigenvalue weighted by Gasteiger charge is -2.21. The van der Waals surface area contributed by atoms with Crippen molar-refractivity contribution in [3.63, 3.8) is 0 Å². The van der Waals surface area contributed by atoms with E-state index in [4.69, 9.17) is 9.32 Å². The van der Waals surface area contributed by atoms with Crippen LogP contribution in [-0.4, -0.2) is 30.3 Å². The smallest absolute Gasteiger partial charge is 0.369 e. The topological polar surface area (TPSA) is 124 Å². The van der Waals surface area contributed by atoms with Crippen molar-refractivity contribution >= 4 is 23.7 Å². The van der Waals surface area contributed by atoms with Crippen LogP contribution in [0.3, 0.4) is 0 Å². The highest BCUT2D eigenvalue weighted by atomic mass is 32.2. The molecule has 3 aromatic heterocycles. The summed E-state index contributed by atoms with van der Waals surface area (Å²) in [4.78, 5) is 16.4. The van der Waals surface area contributed by atoms with E-state index in [2.05, 4.69) is 21.3 Å². The molecule has 1 fully saturated rings. The number of hydrogen-bond donors (Lipinski definition) is 1. The predicted octanol–water partition coefficient (Wildman–Crippen LogP) is 2.92. The molecule has 3 heterocycles. The summed E-state index contributed by atoms with van der Waals surface area (Å²) in [6.45, 7) is 0. The van der Waals surface area contributed by atoms with E-state index in [1.165, 1.54) is 12.8 Å². The number of aromatic nitrogens is 5. The van der Waals surface area contributed by atoms with E-state index in [0.717, 1.165) is 23.9 Å². The van der Waals surface area contributed by atoms with Crippen molar-refractivity contribution in [3.8, 4) is 17.3 Å². The number of nitrogens with zero attached hydrogens (tertiary/aromatic N) is 6. The molecule has 1 aliphatic carbocycles. The molecule has 1 saturated carbocycles. The van der Waals surface area contributed by atoms with Crippen LogP contribution < -0.4 is 5.14 Å². The monoisotopic (exact) mass is 397 g/mol. The minimum Gasteiger partial charge on any atom is -0.369 e. The predicted molar refractivity (Wildman–Crippen MR) is 103 cm³/mol. The van der Waals surface area contributed by atoms with E-state index in [1.54, 1.807) is 16.9 Å². The van der Waals surface area contributed by atoms with Crippen LogP contribution in [0.25, 0.3) is 16.8 Å². The zero-order valence-electron chi connectivity index (χ0n) is 15.1. The third-order valence-electron chi connectivity index (χ3n) is 5.16. The molecule has 1 aliphatic rings. The quantitative estimate of drug-likeness (QED) is 0.497. The Balaban J connectivity index is 1.73. The fourth-order valence-corrected chi connectivity index (χ4v) is 4.03. The van der Waals surface area contributed by atoms with Gasteiger partial charge in [0.15, 0.2) is 0 Å². The summed E-state index contributed by atoms with van der Waals surface area (Å²) in [5.74, 6) is -0.350. The molecule has 1 unspecified atom stereocenters. The van der Waals surface area contributed by atoms with Crippen LogP contribution in [0.4, 0.5) is 0 Å². The molecule has 3 aromatic rings. The Morgan fingerprint density at radius 1 is 1.46 bits per heavy atom. The maximum Gasteiger partial charge on any atom is 0.391 e. The van der Waals surface area contributed by atoms with E-state index in [0.29, 0.717) is 30.3 Å². The zero-order chi connectivity index (χ0) is 19.5. The van der Waals surface area contributed by atoms with Crippen LogP contribution >= 0.6 is 12.2 Å². The fourth-order valence-electron chi connectivity index (χ4n) is 3.87. The van der Waals surface area contributed by atoms with Crippen molar-refractivity contribution in [1.82, 2.24) is 24.4 Å². The number of carbonyl (C=O) groups is 1. The molecule has 1 atom stereocenters. The summed E-state index contributed by atoms with van der Waals surface area (Å²) in [5.41, 5.74) is 2.07. The summed E-state index contributed by atoms with van der Waals surface area (Å²) in [6.07, 6.45) is 10.4. The number of hydrogen-bond acceptors (Lipinski definition) is 8. The van der Waals surface area contributed by atoms with Crippen molar-refractivity contribution < 1.29 is 8.98 Å². The van der Waals surface area contributed by atoms with Gasteiger partial charge in [0.1, 0.15) is 17.9 Å². The van der Waals surface area contributed by atoms with Crippen molar-refractivity contribution in [1.29, 1.82) is 5.26 Å². The number of fused-ring (bicyclic) bond motifs is 1. The van der Waals surface area contributed by atoms with Crippen molar-refractivity contribution in [2.75, 3.05) is 0 Å². The highest BCUT2D eigenvalue weighted by molar-refractivity contribution is 7.92. The normalized spacial score (nSPS) is 15.6. The SMILES string of the molecule is N#CCC(C1CCCC1)n1cc(-c2nc(C(=O)OSN)nn3cccc23)cn1. The van der Waals surface area contributed by atoms with Crippen molar-refractivity contribution in [2.24, 2.45) is 11.1 Å². The molecule has 0 bridgehead atoms. The Bertz CT molecular complexity index is 1030. The molecule has 28 heavy (non-hydrogen) atoms. The molecule has 144 valence electrons. The summed E-state index contributed by atoms with van der Waals surface area (Å²) < 4.78 is 8.18. The third-order valence-corrected chi connectivity index (χ3v) is 5.40. The van der Waals surface area contributed by atoms with Crippen LogP contribution in [0.5, 0.6) is 0 Å². The lowest BCUT2D eigenvalue weighted by atomic mass is 9.96. The Morgan fingerprint density at radius 2 is 2.29 bits per heavy atom. The van der Waals surface area contributed by atoms with Crippen molar-refractivity contribution in [3.05, 3.63) is 36.5 Å². The molecule has 0 aromatic carbocycles. The Hall–Kier alpha value is -2.90. The van der Waals surface area contributed by atoms with Gasteiger partial charge in [0.2, 0.25) is 0 Å². The molecule has 9 nitrogen and oxygen atoms in total. The van der Waals surface area contributed by atoms with Crippen LogP contribution in [-0.2, 0) is 4.18 Å². The molecule has 0 radical (unpaired) electrons. The average Bonchev–Trinajstić information content (AvgIpc) is 3.47. The lowest BCUT2D eigenvalue weighted by Crippen LogP contribution is -2.17. The van der Waals surface area contributed by atoms with Crippen LogP contribution in [0.2, 0.25) is 0 Å². The van der Waals surface area contributed by atoms with Gasteiger partial charge in [-0.3, -0.25) is 4.68 Å². The highest BCUT2D eigenvalue weighted by Crippen LogP contribution is 2.36. The standard InChI is InChI=1S/C18H19N7O2S/c19-8-7-14(12-4-1-2-5-12)25-11-13(10-21-25)16-15-6-3-9-24(15)23-17(22-16)18(26)27-28-20/h3,6,9-12,14H,1-2,4-5,7,20H2. The Kier molecular flexibility index (Phi) is 5.27. The highest BCUT2D eigenvalue weighted by Gasteiger charge is 2.27.